The number of aryl methyl sites for hydroxylation is 3. The second-order valence-corrected chi connectivity index (χ2v) is 11.3. The predicted molar refractivity (Wildman–Crippen MR) is 131 cm³/mol. The zero-order valence-corrected chi connectivity index (χ0v) is 20.2. The van der Waals surface area contributed by atoms with E-state index in [2.05, 4.69) is 44.5 Å². The lowest BCUT2D eigenvalue weighted by atomic mass is 9.87. The van der Waals surface area contributed by atoms with E-state index in [1.807, 2.05) is 26.0 Å². The summed E-state index contributed by atoms with van der Waals surface area (Å²) >= 11 is 0. The third kappa shape index (κ3) is 4.14. The van der Waals surface area contributed by atoms with Gasteiger partial charge >= 0.3 is 0 Å². The van der Waals surface area contributed by atoms with Gasteiger partial charge < -0.3 is 0 Å². The standard InChI is InChI=1S/C25H30N4O2S/c1-16-14-17(2)22(18(3)15-16)29-24(28-32(30,31)19-10-8-7-9-11-19)20-12-13-21(25(4,5)6)26-23(20)27-29/h7-15,20,24,28H,1-6H3. The maximum absolute atomic E-state index is 13.2. The Kier molecular flexibility index (Phi) is 5.59. The first-order valence-electron chi connectivity index (χ1n) is 10.8. The molecule has 2 aromatic carbocycles. The van der Waals surface area contributed by atoms with Gasteiger partial charge in [-0.2, -0.15) is 9.82 Å². The lowest BCUT2D eigenvalue weighted by Crippen LogP contribution is -2.48. The van der Waals surface area contributed by atoms with E-state index in [0.29, 0.717) is 5.84 Å². The van der Waals surface area contributed by atoms with Gasteiger partial charge in [0.25, 0.3) is 0 Å². The SMILES string of the molecule is Cc1cc(C)c(N2N=C3N=C(C(C)(C)C)C=CC3C2NS(=O)(=O)c2ccccc2)c(C)c1. The third-order valence-corrected chi connectivity index (χ3v) is 7.22. The van der Waals surface area contributed by atoms with Gasteiger partial charge in [0.2, 0.25) is 10.0 Å². The van der Waals surface area contributed by atoms with Gasteiger partial charge in [-0.15, -0.1) is 0 Å². The van der Waals surface area contributed by atoms with Crippen molar-refractivity contribution in [2.24, 2.45) is 21.4 Å². The number of aliphatic imine (C=N–C) groups is 1. The zero-order chi connectivity index (χ0) is 23.3. The molecule has 0 spiro atoms. The molecule has 7 heteroatoms. The third-order valence-electron chi connectivity index (χ3n) is 5.77. The summed E-state index contributed by atoms with van der Waals surface area (Å²) < 4.78 is 29.4. The van der Waals surface area contributed by atoms with Crippen LogP contribution in [0, 0.1) is 32.1 Å². The van der Waals surface area contributed by atoms with Crippen LogP contribution in [0.15, 0.2) is 69.6 Å². The number of hydrogen-bond donors (Lipinski definition) is 1. The minimum Gasteiger partial charge on any atom is -0.244 e. The first kappa shape index (κ1) is 22.4. The maximum Gasteiger partial charge on any atom is 0.242 e. The highest BCUT2D eigenvalue weighted by Gasteiger charge is 2.42. The molecule has 0 aliphatic carbocycles. The minimum atomic E-state index is -3.76. The van der Waals surface area contributed by atoms with E-state index in [0.717, 1.165) is 28.1 Å². The highest BCUT2D eigenvalue weighted by atomic mass is 32.2. The van der Waals surface area contributed by atoms with Gasteiger partial charge in [0.05, 0.1) is 16.5 Å². The van der Waals surface area contributed by atoms with Gasteiger partial charge in [0, 0.05) is 11.1 Å². The average molecular weight is 451 g/mol. The van der Waals surface area contributed by atoms with Crippen LogP contribution in [0.25, 0.3) is 0 Å². The lowest BCUT2D eigenvalue weighted by molar-refractivity contribution is 0.521. The second-order valence-electron chi connectivity index (χ2n) is 9.56. The first-order valence-corrected chi connectivity index (χ1v) is 12.3. The van der Waals surface area contributed by atoms with E-state index in [1.165, 1.54) is 0 Å². The number of anilines is 1. The lowest BCUT2D eigenvalue weighted by Gasteiger charge is -2.30. The number of hydrazone groups is 1. The molecule has 2 aliphatic rings. The molecule has 0 radical (unpaired) electrons. The molecule has 168 valence electrons. The smallest absolute Gasteiger partial charge is 0.242 e. The second kappa shape index (κ2) is 7.98. The van der Waals surface area contributed by atoms with Gasteiger partial charge in [0.1, 0.15) is 6.17 Å². The number of nitrogens with one attached hydrogen (secondary N) is 1. The maximum atomic E-state index is 13.2. The van der Waals surface area contributed by atoms with E-state index in [9.17, 15) is 8.42 Å². The van der Waals surface area contributed by atoms with Gasteiger partial charge in [-0.05, 0) is 50.1 Å². The van der Waals surface area contributed by atoms with Crippen molar-refractivity contribution in [1.29, 1.82) is 0 Å². The molecule has 1 N–H and O–H groups in total. The molecule has 2 heterocycles. The van der Waals surface area contributed by atoms with E-state index < -0.39 is 16.2 Å². The summed E-state index contributed by atoms with van der Waals surface area (Å²) in [5.74, 6) is 0.331. The van der Waals surface area contributed by atoms with E-state index in [-0.39, 0.29) is 16.2 Å². The minimum absolute atomic E-state index is 0.133. The fourth-order valence-electron chi connectivity index (χ4n) is 4.27. The van der Waals surface area contributed by atoms with E-state index in [4.69, 9.17) is 10.1 Å². The topological polar surface area (TPSA) is 74.1 Å². The van der Waals surface area contributed by atoms with Crippen LogP contribution in [-0.4, -0.2) is 26.1 Å². The largest absolute Gasteiger partial charge is 0.244 e. The molecule has 0 fully saturated rings. The van der Waals surface area contributed by atoms with E-state index in [1.54, 1.807) is 35.3 Å². The van der Waals surface area contributed by atoms with E-state index >= 15 is 0 Å². The van der Waals surface area contributed by atoms with Crippen molar-refractivity contribution in [1.82, 2.24) is 4.72 Å². The summed E-state index contributed by atoms with van der Waals surface area (Å²) in [5, 5.41) is 6.63. The first-order chi connectivity index (χ1) is 15.0. The van der Waals surface area contributed by atoms with Crippen molar-refractivity contribution < 1.29 is 8.42 Å². The van der Waals surface area contributed by atoms with Crippen molar-refractivity contribution >= 4 is 27.3 Å². The molecule has 0 amide bonds. The number of benzene rings is 2. The van der Waals surface area contributed by atoms with Crippen LogP contribution in [0.3, 0.4) is 0 Å². The van der Waals surface area contributed by atoms with Gasteiger partial charge in [0.15, 0.2) is 5.84 Å². The van der Waals surface area contributed by atoms with Crippen LogP contribution in [0.2, 0.25) is 0 Å². The Morgan fingerprint density at radius 1 is 1.00 bits per heavy atom. The van der Waals surface area contributed by atoms with Crippen LogP contribution in [0.1, 0.15) is 37.5 Å². The average Bonchev–Trinajstić information content (AvgIpc) is 3.04. The molecule has 4 rings (SSSR count). The highest BCUT2D eigenvalue weighted by molar-refractivity contribution is 7.89. The Morgan fingerprint density at radius 3 is 2.22 bits per heavy atom. The molecule has 6 nitrogen and oxygen atoms in total. The Bertz CT molecular complexity index is 1220. The summed E-state index contributed by atoms with van der Waals surface area (Å²) in [4.78, 5) is 5.05. The molecule has 2 unspecified atom stereocenters. The summed E-state index contributed by atoms with van der Waals surface area (Å²) in [6.07, 6.45) is 3.40. The van der Waals surface area contributed by atoms with Crippen LogP contribution >= 0.6 is 0 Å². The van der Waals surface area contributed by atoms with Crippen LogP contribution in [-0.2, 0) is 10.0 Å². The molecule has 32 heavy (non-hydrogen) atoms. The molecular weight excluding hydrogens is 420 g/mol. The summed E-state index contributed by atoms with van der Waals surface area (Å²) in [7, 11) is -3.76. The Labute approximate surface area is 190 Å². The molecular formula is C25H30N4O2S. The molecule has 0 bridgehead atoms. The van der Waals surface area contributed by atoms with Crippen LogP contribution in [0.5, 0.6) is 0 Å². The molecule has 2 atom stereocenters. The Hall–Kier alpha value is -2.77. The number of allylic oxidation sites excluding steroid dienone is 1. The van der Waals surface area contributed by atoms with Gasteiger partial charge in [-0.3, -0.25) is 0 Å². The number of amidine groups is 1. The molecule has 0 aromatic heterocycles. The Morgan fingerprint density at radius 2 is 1.62 bits per heavy atom. The number of dihydropyridines is 1. The summed E-state index contributed by atoms with van der Waals surface area (Å²) in [6.45, 7) is 12.4. The van der Waals surface area contributed by atoms with Crippen molar-refractivity contribution in [3.63, 3.8) is 0 Å². The summed E-state index contributed by atoms with van der Waals surface area (Å²) in [6, 6.07) is 12.6. The van der Waals surface area contributed by atoms with Crippen molar-refractivity contribution in [2.45, 2.75) is 52.6 Å². The van der Waals surface area contributed by atoms with Crippen LogP contribution < -0.4 is 9.73 Å². The van der Waals surface area contributed by atoms with Gasteiger partial charge in [-0.25, -0.2) is 18.4 Å². The number of rotatable bonds is 4. The molecule has 2 aliphatic heterocycles. The molecule has 0 saturated heterocycles. The predicted octanol–water partition coefficient (Wildman–Crippen LogP) is 4.72. The number of nitrogens with zero attached hydrogens (tertiary/aromatic N) is 3. The molecule has 2 aromatic rings. The quantitative estimate of drug-likeness (QED) is 0.732. The number of sulfonamides is 1. The fraction of sp³-hybridized carbons (Fsp3) is 0.360. The highest BCUT2D eigenvalue weighted by Crippen LogP contribution is 2.36. The number of hydrogen-bond acceptors (Lipinski definition) is 5. The van der Waals surface area contributed by atoms with Crippen LogP contribution in [0.4, 0.5) is 5.69 Å². The monoisotopic (exact) mass is 450 g/mol. The Balaban J connectivity index is 1.81. The number of fused-ring (bicyclic) bond motifs is 1. The summed E-state index contributed by atoms with van der Waals surface area (Å²) in [5.41, 5.74) is 4.93. The zero-order valence-electron chi connectivity index (χ0n) is 19.4. The van der Waals surface area contributed by atoms with Crippen molar-refractivity contribution in [2.75, 3.05) is 5.01 Å². The molecule has 0 saturated carbocycles. The van der Waals surface area contributed by atoms with Crippen molar-refractivity contribution in [3.05, 3.63) is 71.3 Å². The van der Waals surface area contributed by atoms with Crippen molar-refractivity contribution in [3.8, 4) is 0 Å². The normalized spacial score (nSPS) is 20.8. The fourth-order valence-corrected chi connectivity index (χ4v) is 5.48. The van der Waals surface area contributed by atoms with Gasteiger partial charge in [-0.1, -0.05) is 62.7 Å².